The Balaban J connectivity index is 2.62. The maximum Gasteiger partial charge on any atom is 0.322 e. The number of amides is 2. The summed E-state index contributed by atoms with van der Waals surface area (Å²) < 4.78 is 0. The molecular formula is C11H15N3OS. The zero-order valence-corrected chi connectivity index (χ0v) is 10.3. The Morgan fingerprint density at radius 1 is 1.50 bits per heavy atom. The van der Waals surface area contributed by atoms with E-state index in [-0.39, 0.29) is 6.03 Å². The second-order valence-electron chi connectivity index (χ2n) is 3.17. The molecule has 0 saturated carbocycles. The van der Waals surface area contributed by atoms with Crippen LogP contribution in [0.3, 0.4) is 0 Å². The molecular weight excluding hydrogens is 222 g/mol. The lowest BCUT2D eigenvalue weighted by molar-refractivity contribution is 0.208. The van der Waals surface area contributed by atoms with Crippen molar-refractivity contribution in [3.05, 3.63) is 30.1 Å². The first-order valence-corrected chi connectivity index (χ1v) is 5.60. The van der Waals surface area contributed by atoms with E-state index in [2.05, 4.69) is 10.3 Å². The molecule has 0 bridgehead atoms. The minimum atomic E-state index is -0.168. The van der Waals surface area contributed by atoms with Gasteiger partial charge in [-0.15, -0.1) is 0 Å². The highest BCUT2D eigenvalue weighted by atomic mass is 32.1. The van der Waals surface area contributed by atoms with Gasteiger partial charge in [0.05, 0.1) is 0 Å². The number of nitrogens with one attached hydrogen (secondary N) is 1. The first-order chi connectivity index (χ1) is 7.69. The quantitative estimate of drug-likeness (QED) is 0.815. The second kappa shape index (κ2) is 6.17. The fourth-order valence-electron chi connectivity index (χ4n) is 1.26. The van der Waals surface area contributed by atoms with Gasteiger partial charge < -0.3 is 4.90 Å². The van der Waals surface area contributed by atoms with Gasteiger partial charge >= 0.3 is 6.03 Å². The third-order valence-corrected chi connectivity index (χ3v) is 2.53. The van der Waals surface area contributed by atoms with Crippen LogP contribution in [0.5, 0.6) is 0 Å². The number of urea groups is 1. The van der Waals surface area contributed by atoms with Gasteiger partial charge in [0.2, 0.25) is 0 Å². The van der Waals surface area contributed by atoms with Crippen molar-refractivity contribution >= 4 is 23.2 Å². The van der Waals surface area contributed by atoms with Crippen LogP contribution in [-0.2, 0) is 0 Å². The lowest BCUT2D eigenvalue weighted by atomic mass is 10.3. The molecule has 16 heavy (non-hydrogen) atoms. The average molecular weight is 237 g/mol. The molecule has 1 aromatic rings. The summed E-state index contributed by atoms with van der Waals surface area (Å²) in [5.74, 6) is 0. The number of nitrogens with zero attached hydrogens (tertiary/aromatic N) is 2. The van der Waals surface area contributed by atoms with Gasteiger partial charge in [0.25, 0.3) is 0 Å². The molecule has 0 aromatic carbocycles. The Morgan fingerprint density at radius 3 is 2.69 bits per heavy atom. The molecule has 0 aliphatic rings. The zero-order valence-electron chi connectivity index (χ0n) is 9.43. The van der Waals surface area contributed by atoms with E-state index in [4.69, 9.17) is 12.2 Å². The average Bonchev–Trinajstić information content (AvgIpc) is 2.31. The molecule has 2 amide bonds. The number of thiocarbonyl (C=S) groups is 1. The SMILES string of the molecule is CCN(CC)C(=O)NC(=S)c1cccnc1. The predicted molar refractivity (Wildman–Crippen MR) is 67.4 cm³/mol. The Labute approximate surface area is 101 Å². The number of carbonyl (C=O) groups excluding carboxylic acids is 1. The minimum absolute atomic E-state index is 0.168. The molecule has 0 radical (unpaired) electrons. The van der Waals surface area contributed by atoms with Crippen molar-refractivity contribution in [2.75, 3.05) is 13.1 Å². The van der Waals surface area contributed by atoms with E-state index in [1.165, 1.54) is 0 Å². The standard InChI is InChI=1S/C11H15N3OS/c1-3-14(4-2)11(15)13-10(16)9-6-5-7-12-8-9/h5-8H,3-4H2,1-2H3,(H,13,15,16). The van der Waals surface area contributed by atoms with Crippen LogP contribution >= 0.6 is 12.2 Å². The molecule has 86 valence electrons. The van der Waals surface area contributed by atoms with E-state index < -0.39 is 0 Å². The predicted octanol–water partition coefficient (Wildman–Crippen LogP) is 1.81. The molecule has 0 fully saturated rings. The molecule has 0 saturated heterocycles. The van der Waals surface area contributed by atoms with Crippen LogP contribution < -0.4 is 5.32 Å². The molecule has 0 unspecified atom stereocenters. The monoisotopic (exact) mass is 237 g/mol. The van der Waals surface area contributed by atoms with Crippen molar-refractivity contribution < 1.29 is 4.79 Å². The Kier molecular flexibility index (Phi) is 4.85. The summed E-state index contributed by atoms with van der Waals surface area (Å²) in [6.45, 7) is 5.18. The summed E-state index contributed by atoms with van der Waals surface area (Å²) in [6.07, 6.45) is 3.29. The van der Waals surface area contributed by atoms with E-state index in [0.29, 0.717) is 18.1 Å². The van der Waals surface area contributed by atoms with Crippen LogP contribution in [-0.4, -0.2) is 34.0 Å². The molecule has 0 aliphatic heterocycles. The number of hydrogen-bond acceptors (Lipinski definition) is 3. The molecule has 1 aromatic heterocycles. The topological polar surface area (TPSA) is 45.2 Å². The maximum atomic E-state index is 11.7. The number of carbonyl (C=O) groups is 1. The maximum absolute atomic E-state index is 11.7. The number of aromatic nitrogens is 1. The van der Waals surface area contributed by atoms with E-state index in [1.807, 2.05) is 19.9 Å². The number of hydrogen-bond donors (Lipinski definition) is 1. The van der Waals surface area contributed by atoms with Gasteiger partial charge in [0.1, 0.15) is 4.99 Å². The van der Waals surface area contributed by atoms with Crippen molar-refractivity contribution in [1.82, 2.24) is 15.2 Å². The lowest BCUT2D eigenvalue weighted by Gasteiger charge is -2.19. The van der Waals surface area contributed by atoms with E-state index in [0.717, 1.165) is 5.56 Å². The summed E-state index contributed by atoms with van der Waals surface area (Å²) in [5, 5.41) is 2.68. The Morgan fingerprint density at radius 2 is 2.19 bits per heavy atom. The van der Waals surface area contributed by atoms with Crippen molar-refractivity contribution in [2.45, 2.75) is 13.8 Å². The largest absolute Gasteiger partial charge is 0.325 e. The van der Waals surface area contributed by atoms with Crippen LogP contribution in [0.4, 0.5) is 4.79 Å². The summed E-state index contributed by atoms with van der Waals surface area (Å²) in [4.78, 5) is 17.7. The third-order valence-electron chi connectivity index (χ3n) is 2.19. The highest BCUT2D eigenvalue weighted by Crippen LogP contribution is 1.98. The summed E-state index contributed by atoms with van der Waals surface area (Å²) in [7, 11) is 0. The molecule has 0 aliphatic carbocycles. The van der Waals surface area contributed by atoms with E-state index in [1.54, 1.807) is 23.4 Å². The zero-order chi connectivity index (χ0) is 12.0. The van der Waals surface area contributed by atoms with Crippen LogP contribution in [0.25, 0.3) is 0 Å². The smallest absolute Gasteiger partial charge is 0.322 e. The molecule has 4 nitrogen and oxygen atoms in total. The van der Waals surface area contributed by atoms with E-state index >= 15 is 0 Å². The summed E-state index contributed by atoms with van der Waals surface area (Å²) >= 11 is 5.11. The third kappa shape index (κ3) is 3.27. The van der Waals surface area contributed by atoms with Gasteiger partial charge in [-0.2, -0.15) is 0 Å². The van der Waals surface area contributed by atoms with Gasteiger partial charge in [-0.25, -0.2) is 4.79 Å². The van der Waals surface area contributed by atoms with E-state index in [9.17, 15) is 4.79 Å². The van der Waals surface area contributed by atoms with Crippen molar-refractivity contribution in [3.8, 4) is 0 Å². The minimum Gasteiger partial charge on any atom is -0.325 e. The molecule has 1 rings (SSSR count). The fourth-order valence-corrected chi connectivity index (χ4v) is 1.46. The summed E-state index contributed by atoms with van der Waals surface area (Å²) in [6, 6.07) is 3.43. The second-order valence-corrected chi connectivity index (χ2v) is 3.58. The summed E-state index contributed by atoms with van der Waals surface area (Å²) in [5.41, 5.74) is 0.748. The van der Waals surface area contributed by atoms with Crippen LogP contribution in [0, 0.1) is 0 Å². The van der Waals surface area contributed by atoms with Gasteiger partial charge in [0.15, 0.2) is 0 Å². The van der Waals surface area contributed by atoms with Crippen LogP contribution in [0.1, 0.15) is 19.4 Å². The molecule has 1 N–H and O–H groups in total. The number of pyridine rings is 1. The number of rotatable bonds is 3. The van der Waals surface area contributed by atoms with Crippen molar-refractivity contribution in [3.63, 3.8) is 0 Å². The first-order valence-electron chi connectivity index (χ1n) is 5.19. The van der Waals surface area contributed by atoms with Gasteiger partial charge in [0, 0.05) is 31.0 Å². The molecule has 1 heterocycles. The van der Waals surface area contributed by atoms with Crippen LogP contribution in [0.2, 0.25) is 0 Å². The van der Waals surface area contributed by atoms with Gasteiger partial charge in [-0.05, 0) is 26.0 Å². The fraction of sp³-hybridized carbons (Fsp3) is 0.364. The van der Waals surface area contributed by atoms with Crippen molar-refractivity contribution in [2.24, 2.45) is 0 Å². The molecule has 5 heteroatoms. The molecule has 0 spiro atoms. The van der Waals surface area contributed by atoms with Crippen molar-refractivity contribution in [1.29, 1.82) is 0 Å². The first kappa shape index (κ1) is 12.6. The lowest BCUT2D eigenvalue weighted by Crippen LogP contribution is -2.42. The Hall–Kier alpha value is -1.49. The molecule has 0 atom stereocenters. The van der Waals surface area contributed by atoms with Gasteiger partial charge in [-0.1, -0.05) is 12.2 Å². The highest BCUT2D eigenvalue weighted by Gasteiger charge is 2.11. The highest BCUT2D eigenvalue weighted by molar-refractivity contribution is 7.80. The van der Waals surface area contributed by atoms with Crippen LogP contribution in [0.15, 0.2) is 24.5 Å². The normalized spacial score (nSPS) is 9.62. The Bertz CT molecular complexity index is 363. The van der Waals surface area contributed by atoms with Gasteiger partial charge in [-0.3, -0.25) is 10.3 Å².